The largest absolute Gasteiger partial charge is 0.398 e. The van der Waals surface area contributed by atoms with Crippen LogP contribution < -0.4 is 10.6 Å². The Morgan fingerprint density at radius 2 is 2.18 bits per heavy atom. The van der Waals surface area contributed by atoms with Gasteiger partial charge in [0.1, 0.15) is 6.61 Å². The van der Waals surface area contributed by atoms with E-state index in [4.69, 9.17) is 10.5 Å². The molecule has 0 aromatic heterocycles. The second kappa shape index (κ2) is 4.67. The zero-order chi connectivity index (χ0) is 12.4. The smallest absolute Gasteiger partial charge is 0.265 e. The molecule has 0 unspecified atom stereocenters. The van der Waals surface area contributed by atoms with Crippen LogP contribution in [-0.4, -0.2) is 25.7 Å². The summed E-state index contributed by atoms with van der Waals surface area (Å²) < 4.78 is 30.3. The number of ether oxygens (including phenoxy) is 1. The molecule has 1 aromatic carbocycles. The lowest BCUT2D eigenvalue weighted by Crippen LogP contribution is -2.41. The number of nitrogen functional groups attached to an aromatic ring is 1. The Kier molecular flexibility index (Phi) is 3.23. The number of anilines is 2. The predicted molar refractivity (Wildman–Crippen MR) is 59.0 cm³/mol. The zero-order valence-corrected chi connectivity index (χ0v) is 9.03. The topological polar surface area (TPSA) is 55.6 Å². The first-order chi connectivity index (χ1) is 8.09. The first-order valence-electron chi connectivity index (χ1n) is 5.15. The summed E-state index contributed by atoms with van der Waals surface area (Å²) in [5, 5.41) is 0. The van der Waals surface area contributed by atoms with Crippen LogP contribution >= 0.6 is 0 Å². The second-order valence-electron chi connectivity index (χ2n) is 3.71. The molecule has 0 spiro atoms. The minimum Gasteiger partial charge on any atom is -0.398 e. The number of halogens is 2. The number of benzene rings is 1. The molecule has 1 saturated heterocycles. The molecule has 0 saturated carbocycles. The van der Waals surface area contributed by atoms with Gasteiger partial charge < -0.3 is 15.4 Å². The van der Waals surface area contributed by atoms with E-state index in [0.717, 1.165) is 0 Å². The molecule has 6 heteroatoms. The minimum atomic E-state index is -2.65. The first-order valence-corrected chi connectivity index (χ1v) is 5.15. The summed E-state index contributed by atoms with van der Waals surface area (Å²) >= 11 is 0. The van der Waals surface area contributed by atoms with Crippen molar-refractivity contribution < 1.29 is 18.3 Å². The third kappa shape index (κ3) is 2.36. The van der Waals surface area contributed by atoms with E-state index in [-0.39, 0.29) is 23.8 Å². The van der Waals surface area contributed by atoms with Crippen molar-refractivity contribution in [3.8, 4) is 0 Å². The average molecular weight is 242 g/mol. The standard InChI is InChI=1S/C11H12F2N2O2/c12-11(13)8-5-7(1-2-9(8)14)15-3-4-17-6-10(15)16/h1-2,5,11H,3-4,6,14H2. The van der Waals surface area contributed by atoms with Crippen molar-refractivity contribution >= 4 is 17.3 Å². The second-order valence-corrected chi connectivity index (χ2v) is 3.71. The number of carbonyl (C=O) groups excluding carboxylic acids is 1. The molecule has 2 N–H and O–H groups in total. The fourth-order valence-electron chi connectivity index (χ4n) is 1.71. The number of nitrogens with two attached hydrogens (primary N) is 1. The fourth-order valence-corrected chi connectivity index (χ4v) is 1.71. The van der Waals surface area contributed by atoms with E-state index in [0.29, 0.717) is 18.8 Å². The van der Waals surface area contributed by atoms with E-state index in [1.165, 1.54) is 17.0 Å². The highest BCUT2D eigenvalue weighted by molar-refractivity contribution is 5.95. The fraction of sp³-hybridized carbons (Fsp3) is 0.364. The van der Waals surface area contributed by atoms with Crippen molar-refractivity contribution in [2.75, 3.05) is 30.4 Å². The summed E-state index contributed by atoms with van der Waals surface area (Å²) in [6, 6.07) is 4.20. The Labute approximate surface area is 97.0 Å². The van der Waals surface area contributed by atoms with Gasteiger partial charge in [0.05, 0.1) is 6.61 Å². The van der Waals surface area contributed by atoms with Crippen LogP contribution in [0, 0.1) is 0 Å². The molecule has 1 aromatic rings. The van der Waals surface area contributed by atoms with Crippen molar-refractivity contribution in [1.82, 2.24) is 0 Å². The number of amides is 1. The minimum absolute atomic E-state index is 0.0195. The predicted octanol–water partition coefficient (Wildman–Crippen LogP) is 1.57. The third-order valence-corrected chi connectivity index (χ3v) is 2.60. The number of alkyl halides is 2. The van der Waals surface area contributed by atoms with Gasteiger partial charge in [-0.05, 0) is 18.2 Å². The van der Waals surface area contributed by atoms with E-state index >= 15 is 0 Å². The van der Waals surface area contributed by atoms with Gasteiger partial charge >= 0.3 is 0 Å². The van der Waals surface area contributed by atoms with Crippen molar-refractivity contribution in [3.63, 3.8) is 0 Å². The molecule has 0 aliphatic carbocycles. The average Bonchev–Trinajstić information content (AvgIpc) is 2.30. The van der Waals surface area contributed by atoms with Crippen molar-refractivity contribution in [2.45, 2.75) is 6.43 Å². The van der Waals surface area contributed by atoms with Crippen molar-refractivity contribution in [2.24, 2.45) is 0 Å². The maximum atomic E-state index is 12.7. The lowest BCUT2D eigenvalue weighted by molar-refractivity contribution is -0.125. The normalized spacial score (nSPS) is 16.6. The number of rotatable bonds is 2. The van der Waals surface area contributed by atoms with E-state index in [1.807, 2.05) is 0 Å². The summed E-state index contributed by atoms with van der Waals surface area (Å²) in [6.45, 7) is 0.750. The molecule has 2 rings (SSSR count). The van der Waals surface area contributed by atoms with E-state index < -0.39 is 6.43 Å². The number of nitrogens with zero attached hydrogens (tertiary/aromatic N) is 1. The van der Waals surface area contributed by atoms with Gasteiger partial charge in [0.15, 0.2) is 0 Å². The Bertz CT molecular complexity index is 437. The molecular weight excluding hydrogens is 230 g/mol. The summed E-state index contributed by atoms with van der Waals surface area (Å²) in [6.07, 6.45) is -2.65. The first kappa shape index (κ1) is 11.8. The maximum absolute atomic E-state index is 12.7. The summed E-state index contributed by atoms with van der Waals surface area (Å²) in [5.41, 5.74) is 5.66. The van der Waals surface area contributed by atoms with Crippen LogP contribution in [0.4, 0.5) is 20.2 Å². The van der Waals surface area contributed by atoms with Gasteiger partial charge in [-0.25, -0.2) is 8.78 Å². The molecule has 4 nitrogen and oxygen atoms in total. The van der Waals surface area contributed by atoms with Gasteiger partial charge in [0.25, 0.3) is 12.3 Å². The lowest BCUT2D eigenvalue weighted by atomic mass is 10.1. The van der Waals surface area contributed by atoms with Gasteiger partial charge in [-0.3, -0.25) is 4.79 Å². The van der Waals surface area contributed by atoms with E-state index in [2.05, 4.69) is 0 Å². The van der Waals surface area contributed by atoms with Gasteiger partial charge in [-0.1, -0.05) is 0 Å². The van der Waals surface area contributed by atoms with E-state index in [9.17, 15) is 13.6 Å². The molecule has 17 heavy (non-hydrogen) atoms. The molecule has 92 valence electrons. The number of hydrogen-bond donors (Lipinski definition) is 1. The molecule has 1 amide bonds. The Morgan fingerprint density at radius 3 is 2.82 bits per heavy atom. The molecule has 0 bridgehead atoms. The number of hydrogen-bond acceptors (Lipinski definition) is 3. The maximum Gasteiger partial charge on any atom is 0.265 e. The quantitative estimate of drug-likeness (QED) is 0.801. The molecule has 1 fully saturated rings. The molecular formula is C11H12F2N2O2. The lowest BCUT2D eigenvalue weighted by Gasteiger charge is -2.27. The monoisotopic (exact) mass is 242 g/mol. The van der Waals surface area contributed by atoms with Crippen LogP contribution in [-0.2, 0) is 9.53 Å². The van der Waals surface area contributed by atoms with Crippen LogP contribution in [0.15, 0.2) is 18.2 Å². The summed E-state index contributed by atoms with van der Waals surface area (Å²) in [7, 11) is 0. The van der Waals surface area contributed by atoms with Gasteiger partial charge in [-0.2, -0.15) is 0 Å². The Hall–Kier alpha value is -1.69. The highest BCUT2D eigenvalue weighted by atomic mass is 19.3. The Balaban J connectivity index is 2.32. The van der Waals surface area contributed by atoms with Crippen LogP contribution in [0.25, 0.3) is 0 Å². The van der Waals surface area contributed by atoms with E-state index in [1.54, 1.807) is 6.07 Å². The number of carbonyl (C=O) groups is 1. The highest BCUT2D eigenvalue weighted by Crippen LogP contribution is 2.29. The summed E-state index contributed by atoms with van der Waals surface area (Å²) in [5.74, 6) is -0.235. The molecule has 1 aliphatic rings. The van der Waals surface area contributed by atoms with Crippen molar-refractivity contribution in [1.29, 1.82) is 0 Å². The van der Waals surface area contributed by atoms with Crippen LogP contribution in [0.3, 0.4) is 0 Å². The number of morpholine rings is 1. The SMILES string of the molecule is Nc1ccc(N2CCOCC2=O)cc1C(F)F. The van der Waals surface area contributed by atoms with Gasteiger partial charge in [-0.15, -0.1) is 0 Å². The molecule has 1 heterocycles. The highest BCUT2D eigenvalue weighted by Gasteiger charge is 2.22. The third-order valence-electron chi connectivity index (χ3n) is 2.60. The molecule has 0 radical (unpaired) electrons. The van der Waals surface area contributed by atoms with Crippen LogP contribution in [0.1, 0.15) is 12.0 Å². The zero-order valence-electron chi connectivity index (χ0n) is 9.03. The van der Waals surface area contributed by atoms with Crippen LogP contribution in [0.5, 0.6) is 0 Å². The molecule has 1 aliphatic heterocycles. The van der Waals surface area contributed by atoms with Gasteiger partial charge in [0, 0.05) is 23.5 Å². The van der Waals surface area contributed by atoms with Gasteiger partial charge in [0.2, 0.25) is 0 Å². The van der Waals surface area contributed by atoms with Crippen molar-refractivity contribution in [3.05, 3.63) is 23.8 Å². The summed E-state index contributed by atoms with van der Waals surface area (Å²) in [4.78, 5) is 13.0. The molecule has 0 atom stereocenters. The van der Waals surface area contributed by atoms with Crippen LogP contribution in [0.2, 0.25) is 0 Å². The Morgan fingerprint density at radius 1 is 1.41 bits per heavy atom.